The maximum atomic E-state index is 8.21. The largest absolute Gasteiger partial charge is 0.380 e. The van der Waals surface area contributed by atoms with Crippen molar-refractivity contribution in [3.63, 3.8) is 0 Å². The minimum absolute atomic E-state index is 0.00975. The standard InChI is InChI=1S/C10H10N2O/c1-9(12-13-8-7-11)10-5-3-2-4-6-10/h2-6H,8H2,1H3. The topological polar surface area (TPSA) is 45.4 Å². The van der Waals surface area contributed by atoms with Crippen molar-refractivity contribution < 1.29 is 4.84 Å². The number of rotatable bonds is 3. The summed E-state index contributed by atoms with van der Waals surface area (Å²) in [5.74, 6) is 0. The van der Waals surface area contributed by atoms with Crippen LogP contribution in [0.1, 0.15) is 12.5 Å². The summed E-state index contributed by atoms with van der Waals surface area (Å²) in [6, 6.07) is 11.5. The predicted octanol–water partition coefficient (Wildman–Crippen LogP) is 1.95. The molecule has 3 nitrogen and oxygen atoms in total. The van der Waals surface area contributed by atoms with Crippen LogP contribution in [0.2, 0.25) is 0 Å². The molecule has 3 heteroatoms. The third-order valence-corrected chi connectivity index (χ3v) is 1.52. The van der Waals surface area contributed by atoms with Gasteiger partial charge in [0.05, 0.1) is 5.71 Å². The van der Waals surface area contributed by atoms with Gasteiger partial charge in [0.15, 0.2) is 0 Å². The molecule has 1 aromatic rings. The zero-order valence-corrected chi connectivity index (χ0v) is 7.40. The SMILES string of the molecule is CC(=NOCC#N)c1ccccc1. The molecule has 0 aliphatic carbocycles. The smallest absolute Gasteiger partial charge is 0.202 e. The normalized spacial score (nSPS) is 10.6. The van der Waals surface area contributed by atoms with Crippen molar-refractivity contribution in [3.05, 3.63) is 35.9 Å². The Bertz CT molecular complexity index is 325. The van der Waals surface area contributed by atoms with E-state index in [2.05, 4.69) is 5.16 Å². The molecular weight excluding hydrogens is 164 g/mol. The Morgan fingerprint density at radius 3 is 2.77 bits per heavy atom. The first kappa shape index (κ1) is 9.27. The van der Waals surface area contributed by atoms with Gasteiger partial charge in [0.1, 0.15) is 6.07 Å². The Morgan fingerprint density at radius 2 is 2.15 bits per heavy atom. The van der Waals surface area contributed by atoms with Crippen LogP contribution in [0, 0.1) is 11.3 Å². The highest BCUT2D eigenvalue weighted by molar-refractivity contribution is 5.98. The van der Waals surface area contributed by atoms with Crippen molar-refractivity contribution in [3.8, 4) is 6.07 Å². The van der Waals surface area contributed by atoms with Gasteiger partial charge < -0.3 is 4.84 Å². The minimum Gasteiger partial charge on any atom is -0.380 e. The molecule has 0 N–H and O–H groups in total. The zero-order chi connectivity index (χ0) is 9.52. The molecule has 1 aromatic carbocycles. The number of benzene rings is 1. The highest BCUT2D eigenvalue weighted by atomic mass is 16.6. The lowest BCUT2D eigenvalue weighted by Crippen LogP contribution is -1.95. The quantitative estimate of drug-likeness (QED) is 0.399. The predicted molar refractivity (Wildman–Crippen MR) is 50.2 cm³/mol. The summed E-state index contributed by atoms with van der Waals surface area (Å²) in [6.07, 6.45) is 0. The Balaban J connectivity index is 2.63. The van der Waals surface area contributed by atoms with Crippen LogP contribution in [0.3, 0.4) is 0 Å². The first-order valence-electron chi connectivity index (χ1n) is 3.93. The van der Waals surface area contributed by atoms with Gasteiger partial charge in [-0.1, -0.05) is 35.5 Å². The fourth-order valence-electron chi connectivity index (χ4n) is 0.890. The van der Waals surface area contributed by atoms with Crippen LogP contribution in [0.5, 0.6) is 0 Å². The van der Waals surface area contributed by atoms with Crippen molar-refractivity contribution >= 4 is 5.71 Å². The highest BCUT2D eigenvalue weighted by Crippen LogP contribution is 2.00. The van der Waals surface area contributed by atoms with Crippen molar-refractivity contribution in [1.29, 1.82) is 5.26 Å². The molecule has 0 spiro atoms. The second kappa shape index (κ2) is 4.94. The molecule has 0 amide bonds. The lowest BCUT2D eigenvalue weighted by Gasteiger charge is -1.98. The van der Waals surface area contributed by atoms with Gasteiger partial charge in [-0.25, -0.2) is 0 Å². The van der Waals surface area contributed by atoms with Gasteiger partial charge >= 0.3 is 0 Å². The van der Waals surface area contributed by atoms with Crippen LogP contribution in [-0.4, -0.2) is 12.3 Å². The molecule has 0 bridgehead atoms. The monoisotopic (exact) mass is 174 g/mol. The Hall–Kier alpha value is -1.82. The summed E-state index contributed by atoms with van der Waals surface area (Å²) in [6.45, 7) is 1.83. The Kier molecular flexibility index (Phi) is 3.52. The van der Waals surface area contributed by atoms with Crippen LogP contribution in [0.15, 0.2) is 35.5 Å². The summed E-state index contributed by atoms with van der Waals surface area (Å²) in [7, 11) is 0. The Morgan fingerprint density at radius 1 is 1.46 bits per heavy atom. The third kappa shape index (κ3) is 2.96. The van der Waals surface area contributed by atoms with Gasteiger partial charge in [0.25, 0.3) is 0 Å². The van der Waals surface area contributed by atoms with Crippen molar-refractivity contribution in [2.24, 2.45) is 5.16 Å². The molecule has 0 radical (unpaired) electrons. The van der Waals surface area contributed by atoms with Gasteiger partial charge in [-0.05, 0) is 12.5 Å². The molecule has 0 atom stereocenters. The van der Waals surface area contributed by atoms with Gasteiger partial charge in [-0.3, -0.25) is 0 Å². The molecule has 0 fully saturated rings. The van der Waals surface area contributed by atoms with Crippen LogP contribution in [0.4, 0.5) is 0 Å². The van der Waals surface area contributed by atoms with Gasteiger partial charge in [-0.15, -0.1) is 0 Å². The molecule has 66 valence electrons. The second-order valence-corrected chi connectivity index (χ2v) is 2.47. The van der Waals surface area contributed by atoms with E-state index < -0.39 is 0 Å². The van der Waals surface area contributed by atoms with E-state index in [4.69, 9.17) is 10.1 Å². The average Bonchev–Trinajstić information content (AvgIpc) is 2.19. The number of hydrogen-bond acceptors (Lipinski definition) is 3. The maximum absolute atomic E-state index is 8.21. The van der Waals surface area contributed by atoms with Crippen molar-refractivity contribution in [2.75, 3.05) is 6.61 Å². The Labute approximate surface area is 77.2 Å². The molecule has 0 saturated heterocycles. The molecule has 0 saturated carbocycles. The first-order valence-corrected chi connectivity index (χ1v) is 3.93. The summed E-state index contributed by atoms with van der Waals surface area (Å²) in [4.78, 5) is 4.73. The van der Waals surface area contributed by atoms with E-state index in [0.29, 0.717) is 0 Å². The van der Waals surface area contributed by atoms with Crippen LogP contribution in [-0.2, 0) is 4.84 Å². The molecule has 0 aliphatic heterocycles. The van der Waals surface area contributed by atoms with E-state index in [1.54, 1.807) is 0 Å². The second-order valence-electron chi connectivity index (χ2n) is 2.47. The van der Waals surface area contributed by atoms with Gasteiger partial charge in [0, 0.05) is 0 Å². The zero-order valence-electron chi connectivity index (χ0n) is 7.40. The summed E-state index contributed by atoms with van der Waals surface area (Å²) in [5.41, 5.74) is 1.77. The molecule has 0 unspecified atom stereocenters. The van der Waals surface area contributed by atoms with E-state index in [9.17, 15) is 0 Å². The molecule has 13 heavy (non-hydrogen) atoms. The first-order chi connectivity index (χ1) is 6.34. The number of nitrogens with zero attached hydrogens (tertiary/aromatic N) is 2. The number of nitriles is 1. The van der Waals surface area contributed by atoms with Gasteiger partial charge in [0.2, 0.25) is 6.61 Å². The minimum atomic E-state index is -0.00975. The van der Waals surface area contributed by atoms with Gasteiger partial charge in [-0.2, -0.15) is 5.26 Å². The number of hydrogen-bond donors (Lipinski definition) is 0. The van der Waals surface area contributed by atoms with E-state index in [1.165, 1.54) is 0 Å². The maximum Gasteiger partial charge on any atom is 0.202 e. The molecule has 1 rings (SSSR count). The average molecular weight is 174 g/mol. The van der Waals surface area contributed by atoms with E-state index in [-0.39, 0.29) is 6.61 Å². The number of oxime groups is 1. The highest BCUT2D eigenvalue weighted by Gasteiger charge is 1.94. The fourth-order valence-corrected chi connectivity index (χ4v) is 0.890. The van der Waals surface area contributed by atoms with Crippen LogP contribution >= 0.6 is 0 Å². The third-order valence-electron chi connectivity index (χ3n) is 1.52. The van der Waals surface area contributed by atoms with E-state index in [0.717, 1.165) is 11.3 Å². The molecule has 0 aliphatic rings. The molecular formula is C10H10N2O. The lowest BCUT2D eigenvalue weighted by atomic mass is 10.1. The molecule has 0 heterocycles. The van der Waals surface area contributed by atoms with E-state index in [1.807, 2.05) is 43.3 Å². The van der Waals surface area contributed by atoms with E-state index >= 15 is 0 Å². The summed E-state index contributed by atoms with van der Waals surface area (Å²) >= 11 is 0. The fraction of sp³-hybridized carbons (Fsp3) is 0.200. The van der Waals surface area contributed by atoms with Crippen molar-refractivity contribution in [1.82, 2.24) is 0 Å². The lowest BCUT2D eigenvalue weighted by molar-refractivity contribution is 0.178. The molecule has 0 aromatic heterocycles. The van der Waals surface area contributed by atoms with Crippen molar-refractivity contribution in [2.45, 2.75) is 6.92 Å². The van der Waals surface area contributed by atoms with Crippen LogP contribution < -0.4 is 0 Å². The van der Waals surface area contributed by atoms with Crippen LogP contribution in [0.25, 0.3) is 0 Å². The summed E-state index contributed by atoms with van der Waals surface area (Å²) in [5, 5.41) is 12.0. The summed E-state index contributed by atoms with van der Waals surface area (Å²) < 4.78 is 0.